The van der Waals surface area contributed by atoms with Gasteiger partial charge >= 0.3 is 0 Å². The zero-order chi connectivity index (χ0) is 16.2. The van der Waals surface area contributed by atoms with Crippen LogP contribution in [0, 0.1) is 17.0 Å². The molecule has 3 rings (SSSR count). The summed E-state index contributed by atoms with van der Waals surface area (Å²) in [6.45, 7) is 7.35. The molecule has 1 unspecified atom stereocenters. The fourth-order valence-corrected chi connectivity index (χ4v) is 3.46. The molecule has 0 amide bonds. The van der Waals surface area contributed by atoms with Crippen molar-refractivity contribution in [1.82, 2.24) is 9.88 Å². The van der Waals surface area contributed by atoms with Gasteiger partial charge in [0.2, 0.25) is 0 Å². The Labute approximate surface area is 136 Å². The third-order valence-corrected chi connectivity index (χ3v) is 4.76. The summed E-state index contributed by atoms with van der Waals surface area (Å²) in [5, 5.41) is 11.0. The highest BCUT2D eigenvalue weighted by Crippen LogP contribution is 2.27. The Kier molecular flexibility index (Phi) is 5.07. The van der Waals surface area contributed by atoms with Gasteiger partial charge in [-0.05, 0) is 32.3 Å². The first-order chi connectivity index (χ1) is 11.1. The Balaban J connectivity index is 1.75. The number of hydrogen-bond acceptors (Lipinski definition) is 6. The lowest BCUT2D eigenvalue weighted by Crippen LogP contribution is -2.49. The quantitative estimate of drug-likeness (QED) is 0.624. The van der Waals surface area contributed by atoms with E-state index in [2.05, 4.69) is 14.8 Å². The van der Waals surface area contributed by atoms with Gasteiger partial charge in [-0.15, -0.1) is 0 Å². The van der Waals surface area contributed by atoms with E-state index < -0.39 is 0 Å². The average molecular weight is 320 g/mol. The summed E-state index contributed by atoms with van der Waals surface area (Å²) < 4.78 is 5.42. The Hall–Kier alpha value is -1.73. The highest BCUT2D eigenvalue weighted by molar-refractivity contribution is 5.49. The number of ether oxygens (including phenoxy) is 1. The van der Waals surface area contributed by atoms with Crippen LogP contribution < -0.4 is 4.90 Å². The maximum Gasteiger partial charge on any atom is 0.290 e. The molecule has 2 aliphatic rings. The lowest BCUT2D eigenvalue weighted by Gasteiger charge is -2.40. The molecular formula is C16H24N4O3. The predicted octanol–water partition coefficient (Wildman–Crippen LogP) is 1.99. The van der Waals surface area contributed by atoms with Crippen molar-refractivity contribution in [2.75, 3.05) is 44.3 Å². The zero-order valence-electron chi connectivity index (χ0n) is 13.6. The van der Waals surface area contributed by atoms with Crippen molar-refractivity contribution in [3.05, 3.63) is 27.9 Å². The van der Waals surface area contributed by atoms with Gasteiger partial charge in [-0.1, -0.05) is 0 Å². The fraction of sp³-hybridized carbons (Fsp3) is 0.688. The van der Waals surface area contributed by atoms with Crippen LogP contribution in [-0.2, 0) is 4.74 Å². The van der Waals surface area contributed by atoms with Gasteiger partial charge in [0.05, 0.1) is 18.1 Å². The van der Waals surface area contributed by atoms with E-state index in [-0.39, 0.29) is 10.6 Å². The number of anilines is 1. The third-order valence-electron chi connectivity index (χ3n) is 4.76. The van der Waals surface area contributed by atoms with Gasteiger partial charge in [-0.2, -0.15) is 0 Å². The normalized spacial score (nSPS) is 23.0. The summed E-state index contributed by atoms with van der Waals surface area (Å²) in [7, 11) is 0. The third kappa shape index (κ3) is 3.79. The number of rotatable bonds is 4. The summed E-state index contributed by atoms with van der Waals surface area (Å²) in [5.74, 6) is 0.867. The maximum atomic E-state index is 11.0. The van der Waals surface area contributed by atoms with Crippen LogP contribution in [-0.4, -0.2) is 60.2 Å². The molecule has 0 saturated carbocycles. The van der Waals surface area contributed by atoms with Crippen LogP contribution in [0.1, 0.15) is 24.8 Å². The second kappa shape index (κ2) is 7.23. The van der Waals surface area contributed by atoms with Crippen molar-refractivity contribution >= 4 is 11.5 Å². The van der Waals surface area contributed by atoms with Crippen LogP contribution in [0.2, 0.25) is 0 Å². The van der Waals surface area contributed by atoms with Crippen LogP contribution in [0.5, 0.6) is 0 Å². The molecule has 2 fully saturated rings. The second-order valence-electron chi connectivity index (χ2n) is 6.34. The van der Waals surface area contributed by atoms with E-state index in [1.54, 1.807) is 6.92 Å². The SMILES string of the molecule is Cc1cc(N2CCCCC2CN2CCOCC2)ncc1[N+](=O)[O-]. The molecule has 1 aromatic heterocycles. The molecule has 7 nitrogen and oxygen atoms in total. The fourth-order valence-electron chi connectivity index (χ4n) is 3.46. The standard InChI is InChI=1S/C16H24N4O3/c1-13-10-16(17-11-15(13)20(21)22)19-5-3-2-4-14(19)12-18-6-8-23-9-7-18/h10-11,14H,2-9,12H2,1H3. The van der Waals surface area contributed by atoms with Gasteiger partial charge in [-0.25, -0.2) is 4.98 Å². The number of morpholine rings is 1. The molecule has 0 radical (unpaired) electrons. The van der Waals surface area contributed by atoms with Gasteiger partial charge < -0.3 is 9.64 Å². The molecule has 126 valence electrons. The molecule has 23 heavy (non-hydrogen) atoms. The summed E-state index contributed by atoms with van der Waals surface area (Å²) in [5.41, 5.74) is 0.770. The Bertz CT molecular complexity index is 560. The summed E-state index contributed by atoms with van der Waals surface area (Å²) >= 11 is 0. The van der Waals surface area contributed by atoms with Gasteiger partial charge in [0.1, 0.15) is 12.0 Å². The second-order valence-corrected chi connectivity index (χ2v) is 6.34. The van der Waals surface area contributed by atoms with Crippen molar-refractivity contribution in [2.45, 2.75) is 32.2 Å². The van der Waals surface area contributed by atoms with Gasteiger partial charge in [0.25, 0.3) is 5.69 Å². The van der Waals surface area contributed by atoms with E-state index in [4.69, 9.17) is 4.74 Å². The van der Waals surface area contributed by atoms with Crippen LogP contribution in [0.15, 0.2) is 12.3 Å². The number of piperidine rings is 1. The molecule has 2 aliphatic heterocycles. The molecule has 0 spiro atoms. The highest BCUT2D eigenvalue weighted by Gasteiger charge is 2.27. The van der Waals surface area contributed by atoms with Crippen molar-refractivity contribution in [2.24, 2.45) is 0 Å². The van der Waals surface area contributed by atoms with Crippen LogP contribution in [0.25, 0.3) is 0 Å². The van der Waals surface area contributed by atoms with E-state index in [1.165, 1.54) is 12.6 Å². The van der Waals surface area contributed by atoms with Crippen molar-refractivity contribution in [3.8, 4) is 0 Å². The number of pyridine rings is 1. The molecule has 2 saturated heterocycles. The summed E-state index contributed by atoms with van der Waals surface area (Å²) in [6, 6.07) is 2.28. The topological polar surface area (TPSA) is 71.7 Å². The number of hydrogen-bond donors (Lipinski definition) is 0. The van der Waals surface area contributed by atoms with E-state index in [9.17, 15) is 10.1 Å². The lowest BCUT2D eigenvalue weighted by atomic mass is 10.0. The number of nitrogens with zero attached hydrogens (tertiary/aromatic N) is 4. The van der Waals surface area contributed by atoms with Crippen LogP contribution in [0.4, 0.5) is 11.5 Å². The Morgan fingerprint density at radius 2 is 2.13 bits per heavy atom. The monoisotopic (exact) mass is 320 g/mol. The zero-order valence-corrected chi connectivity index (χ0v) is 13.6. The lowest BCUT2D eigenvalue weighted by molar-refractivity contribution is -0.385. The minimum atomic E-state index is -0.368. The summed E-state index contributed by atoms with van der Waals surface area (Å²) in [4.78, 5) is 19.7. The van der Waals surface area contributed by atoms with Gasteiger partial charge in [-0.3, -0.25) is 15.0 Å². The molecule has 1 aromatic rings. The van der Waals surface area contributed by atoms with Crippen LogP contribution >= 0.6 is 0 Å². The minimum absolute atomic E-state index is 0.0930. The average Bonchev–Trinajstić information content (AvgIpc) is 2.56. The molecular weight excluding hydrogens is 296 g/mol. The minimum Gasteiger partial charge on any atom is -0.379 e. The maximum absolute atomic E-state index is 11.0. The highest BCUT2D eigenvalue weighted by atomic mass is 16.6. The number of nitro groups is 1. The molecule has 0 bridgehead atoms. The first kappa shape index (κ1) is 16.1. The first-order valence-corrected chi connectivity index (χ1v) is 8.33. The number of aromatic nitrogens is 1. The Morgan fingerprint density at radius 1 is 1.35 bits per heavy atom. The molecule has 3 heterocycles. The summed E-state index contributed by atoms with van der Waals surface area (Å²) in [6.07, 6.45) is 4.93. The predicted molar refractivity (Wildman–Crippen MR) is 87.9 cm³/mol. The largest absolute Gasteiger partial charge is 0.379 e. The molecule has 1 atom stereocenters. The first-order valence-electron chi connectivity index (χ1n) is 8.33. The smallest absolute Gasteiger partial charge is 0.290 e. The van der Waals surface area contributed by atoms with Crippen LogP contribution in [0.3, 0.4) is 0 Å². The van der Waals surface area contributed by atoms with Gasteiger partial charge in [0, 0.05) is 37.8 Å². The van der Waals surface area contributed by atoms with E-state index in [1.807, 2.05) is 6.07 Å². The Morgan fingerprint density at radius 3 is 2.83 bits per heavy atom. The molecule has 7 heteroatoms. The van der Waals surface area contributed by atoms with Gasteiger partial charge in [0.15, 0.2) is 0 Å². The van der Waals surface area contributed by atoms with Crippen molar-refractivity contribution in [1.29, 1.82) is 0 Å². The molecule has 0 N–H and O–H groups in total. The van der Waals surface area contributed by atoms with Crippen molar-refractivity contribution < 1.29 is 9.66 Å². The molecule has 0 aliphatic carbocycles. The molecule has 0 aromatic carbocycles. The van der Waals surface area contributed by atoms with E-state index >= 15 is 0 Å². The number of aryl methyl sites for hydroxylation is 1. The van der Waals surface area contributed by atoms with Crippen molar-refractivity contribution in [3.63, 3.8) is 0 Å². The van der Waals surface area contributed by atoms with E-state index in [0.29, 0.717) is 11.6 Å². The van der Waals surface area contributed by atoms with E-state index in [0.717, 1.165) is 58.1 Å².